The molecule has 0 aliphatic carbocycles. The Kier molecular flexibility index (Phi) is 12.9. The second kappa shape index (κ2) is 14.6. The number of nitrogens with one attached hydrogen (secondary N) is 2. The van der Waals surface area contributed by atoms with Gasteiger partial charge in [0.05, 0.1) is 0 Å². The number of hydrogen-bond acceptors (Lipinski definition) is 3. The van der Waals surface area contributed by atoms with E-state index in [2.05, 4.69) is 40.7 Å². The van der Waals surface area contributed by atoms with Gasteiger partial charge in [-0.25, -0.2) is 4.99 Å². The first kappa shape index (κ1) is 24.7. The quantitative estimate of drug-likeness (QED) is 0.224. The maximum atomic E-state index is 12.5. The normalized spacial score (nSPS) is 13.5. The second-order valence-corrected chi connectivity index (χ2v) is 6.78. The second-order valence-electron chi connectivity index (χ2n) is 6.78. The number of hydrogen-bond donors (Lipinski definition) is 2. The van der Waals surface area contributed by atoms with Crippen molar-refractivity contribution in [3.63, 3.8) is 0 Å². The molecule has 2 rings (SSSR count). The molecule has 1 aromatic carbocycles. The molecular weight excluding hydrogens is 467 g/mol. The molecule has 0 spiro atoms. The van der Waals surface area contributed by atoms with Gasteiger partial charge in [0, 0.05) is 39.4 Å². The van der Waals surface area contributed by atoms with Gasteiger partial charge in [-0.15, -0.1) is 24.0 Å². The van der Waals surface area contributed by atoms with E-state index in [1.807, 2.05) is 17.9 Å². The predicted octanol–water partition coefficient (Wildman–Crippen LogP) is 2.95. The van der Waals surface area contributed by atoms with E-state index < -0.39 is 0 Å². The summed E-state index contributed by atoms with van der Waals surface area (Å²) in [5.41, 5.74) is 2.59. The fourth-order valence-electron chi connectivity index (χ4n) is 3.03. The molecule has 0 atom stereocenters. The van der Waals surface area contributed by atoms with E-state index >= 15 is 0 Å². The van der Waals surface area contributed by atoms with Gasteiger partial charge in [0.15, 0.2) is 5.96 Å². The molecule has 0 unspecified atom stereocenters. The van der Waals surface area contributed by atoms with E-state index in [0.29, 0.717) is 12.5 Å². The molecule has 2 N–H and O–H groups in total. The summed E-state index contributed by atoms with van der Waals surface area (Å²) in [4.78, 5) is 18.9. The molecule has 1 amide bonds. The number of unbranched alkanes of at least 4 members (excludes halogenated alkanes) is 1. The molecule has 1 heterocycles. The van der Waals surface area contributed by atoms with Crippen molar-refractivity contribution in [2.45, 2.75) is 46.1 Å². The molecular formula is C21H35IN4O2. The van der Waals surface area contributed by atoms with Crippen LogP contribution >= 0.6 is 24.0 Å². The van der Waals surface area contributed by atoms with Crippen LogP contribution in [-0.2, 0) is 22.5 Å². The number of fused-ring (bicyclic) bond motifs is 1. The predicted molar refractivity (Wildman–Crippen MR) is 125 cm³/mol. The largest absolute Gasteiger partial charge is 0.381 e. The number of carbonyl (C=O) groups is 1. The number of nitrogens with zero attached hydrogens (tertiary/aromatic N) is 2. The highest BCUT2D eigenvalue weighted by atomic mass is 127. The van der Waals surface area contributed by atoms with Crippen molar-refractivity contribution in [2.75, 3.05) is 39.4 Å². The first-order chi connectivity index (χ1) is 13.2. The lowest BCUT2D eigenvalue weighted by atomic mass is 10.00. The molecule has 7 heteroatoms. The van der Waals surface area contributed by atoms with Crippen LogP contribution in [0.2, 0.25) is 0 Å². The topological polar surface area (TPSA) is 66.0 Å². The molecule has 0 fully saturated rings. The van der Waals surface area contributed by atoms with Gasteiger partial charge in [-0.2, -0.15) is 0 Å². The van der Waals surface area contributed by atoms with E-state index in [9.17, 15) is 4.79 Å². The number of rotatable bonds is 10. The minimum Gasteiger partial charge on any atom is -0.381 e. The van der Waals surface area contributed by atoms with Crippen LogP contribution < -0.4 is 10.6 Å². The van der Waals surface area contributed by atoms with Crippen LogP contribution in [0.1, 0.15) is 44.2 Å². The van der Waals surface area contributed by atoms with E-state index in [-0.39, 0.29) is 36.4 Å². The maximum absolute atomic E-state index is 12.5. The van der Waals surface area contributed by atoms with Crippen LogP contribution in [0.15, 0.2) is 29.3 Å². The van der Waals surface area contributed by atoms with E-state index in [0.717, 1.165) is 58.5 Å². The van der Waals surface area contributed by atoms with Crippen LogP contribution in [0.25, 0.3) is 0 Å². The average Bonchev–Trinajstić information content (AvgIpc) is 2.70. The molecule has 1 aliphatic heterocycles. The zero-order valence-electron chi connectivity index (χ0n) is 17.2. The molecule has 0 saturated heterocycles. The van der Waals surface area contributed by atoms with E-state index in [4.69, 9.17) is 4.74 Å². The number of carbonyl (C=O) groups excluding carboxylic acids is 1. The summed E-state index contributed by atoms with van der Waals surface area (Å²) in [6, 6.07) is 8.34. The Balaban J connectivity index is 0.00000392. The zero-order chi connectivity index (χ0) is 19.3. The van der Waals surface area contributed by atoms with Crippen LogP contribution in [0, 0.1) is 0 Å². The molecule has 1 aromatic rings. The minimum atomic E-state index is 0. The number of guanidine groups is 1. The van der Waals surface area contributed by atoms with E-state index in [1.165, 1.54) is 11.1 Å². The number of ether oxygens (including phenoxy) is 1. The van der Waals surface area contributed by atoms with Crippen molar-refractivity contribution in [1.82, 2.24) is 15.5 Å². The third kappa shape index (κ3) is 8.77. The lowest BCUT2D eigenvalue weighted by molar-refractivity contribution is -0.130. The molecule has 1 aliphatic rings. The summed E-state index contributed by atoms with van der Waals surface area (Å²) in [7, 11) is 0. The summed E-state index contributed by atoms with van der Waals surface area (Å²) >= 11 is 0. The van der Waals surface area contributed by atoms with Gasteiger partial charge >= 0.3 is 0 Å². The molecule has 0 saturated carbocycles. The van der Waals surface area contributed by atoms with Crippen LogP contribution in [0.4, 0.5) is 0 Å². The highest BCUT2D eigenvalue weighted by molar-refractivity contribution is 14.0. The molecule has 0 radical (unpaired) electrons. The Labute approximate surface area is 186 Å². The molecule has 0 aromatic heterocycles. The Morgan fingerprint density at radius 3 is 2.64 bits per heavy atom. The molecule has 158 valence electrons. The van der Waals surface area contributed by atoms with Gasteiger partial charge in [-0.3, -0.25) is 4.79 Å². The highest BCUT2D eigenvalue weighted by Crippen LogP contribution is 2.18. The van der Waals surface area contributed by atoms with Gasteiger partial charge in [0.1, 0.15) is 6.54 Å². The van der Waals surface area contributed by atoms with Gasteiger partial charge < -0.3 is 20.3 Å². The number of amides is 1. The number of halogens is 1. The smallest absolute Gasteiger partial charge is 0.244 e. The average molecular weight is 502 g/mol. The molecule has 28 heavy (non-hydrogen) atoms. The SMILES string of the molecule is CCCCOCCCNC(=NCC(=O)N1CCc2ccccc2C1)NCC.I. The lowest BCUT2D eigenvalue weighted by Crippen LogP contribution is -2.41. The monoisotopic (exact) mass is 502 g/mol. The lowest BCUT2D eigenvalue weighted by Gasteiger charge is -2.28. The third-order valence-electron chi connectivity index (χ3n) is 4.60. The van der Waals surface area contributed by atoms with Gasteiger partial charge in [0.25, 0.3) is 0 Å². The summed E-state index contributed by atoms with van der Waals surface area (Å²) < 4.78 is 5.56. The standard InChI is InChI=1S/C21H34N4O2.HI/c1-3-5-14-27-15-8-12-23-21(22-4-2)24-16-20(26)25-13-11-18-9-6-7-10-19(18)17-25;/h6-7,9-10H,3-5,8,11-17H2,1-2H3,(H2,22,23,24);1H. The first-order valence-corrected chi connectivity index (χ1v) is 10.2. The van der Waals surface area contributed by atoms with Gasteiger partial charge in [-0.1, -0.05) is 37.6 Å². The number of benzene rings is 1. The summed E-state index contributed by atoms with van der Waals surface area (Å²) in [5, 5.41) is 6.47. The van der Waals surface area contributed by atoms with E-state index in [1.54, 1.807) is 0 Å². The highest BCUT2D eigenvalue weighted by Gasteiger charge is 2.19. The van der Waals surface area contributed by atoms with Crippen molar-refractivity contribution in [3.8, 4) is 0 Å². The Hall–Kier alpha value is -1.35. The van der Waals surface area contributed by atoms with Crippen molar-refractivity contribution in [2.24, 2.45) is 4.99 Å². The van der Waals surface area contributed by atoms with Gasteiger partial charge in [-0.05, 0) is 37.3 Å². The Bertz CT molecular complexity index is 610. The molecule has 0 bridgehead atoms. The number of aliphatic imine (C=N–C) groups is 1. The van der Waals surface area contributed by atoms with Gasteiger partial charge in [0.2, 0.25) is 5.91 Å². The van der Waals surface area contributed by atoms with Crippen molar-refractivity contribution < 1.29 is 9.53 Å². The third-order valence-corrected chi connectivity index (χ3v) is 4.60. The molecule has 6 nitrogen and oxygen atoms in total. The van der Waals surface area contributed by atoms with Crippen molar-refractivity contribution >= 4 is 35.8 Å². The summed E-state index contributed by atoms with van der Waals surface area (Å²) in [5.74, 6) is 0.765. The maximum Gasteiger partial charge on any atom is 0.244 e. The Morgan fingerprint density at radius 2 is 1.89 bits per heavy atom. The van der Waals surface area contributed by atoms with Crippen molar-refractivity contribution in [1.29, 1.82) is 0 Å². The fraction of sp³-hybridized carbons (Fsp3) is 0.619. The summed E-state index contributed by atoms with van der Waals surface area (Å²) in [6.45, 7) is 8.94. The first-order valence-electron chi connectivity index (χ1n) is 10.2. The van der Waals surface area contributed by atoms with Crippen molar-refractivity contribution in [3.05, 3.63) is 35.4 Å². The minimum absolute atomic E-state index is 0. The summed E-state index contributed by atoms with van der Waals surface area (Å²) in [6.07, 6.45) is 4.11. The Morgan fingerprint density at radius 1 is 1.14 bits per heavy atom. The van der Waals surface area contributed by atoms with Crippen LogP contribution in [-0.4, -0.2) is 56.2 Å². The van der Waals surface area contributed by atoms with Crippen LogP contribution in [0.5, 0.6) is 0 Å². The van der Waals surface area contributed by atoms with Crippen LogP contribution in [0.3, 0.4) is 0 Å². The zero-order valence-corrected chi connectivity index (χ0v) is 19.5. The fourth-order valence-corrected chi connectivity index (χ4v) is 3.03.